The number of unbranched alkanes of at least 4 members (excludes halogenated alkanes) is 1. The normalized spacial score (nSPS) is 21.7. The van der Waals surface area contributed by atoms with Crippen LogP contribution in [-0.2, 0) is 10.0 Å². The van der Waals surface area contributed by atoms with Crippen molar-refractivity contribution in [2.45, 2.75) is 45.4 Å². The monoisotopic (exact) mass is 303 g/mol. The van der Waals surface area contributed by atoms with Crippen molar-refractivity contribution in [2.75, 3.05) is 18.8 Å². The van der Waals surface area contributed by atoms with E-state index in [-0.39, 0.29) is 11.7 Å². The largest absolute Gasteiger partial charge is 0.214 e. The van der Waals surface area contributed by atoms with E-state index in [1.807, 2.05) is 13.8 Å². The number of sulfonamides is 1. The van der Waals surface area contributed by atoms with E-state index in [1.165, 1.54) is 0 Å². The van der Waals surface area contributed by atoms with E-state index >= 15 is 0 Å². The first-order valence-electron chi connectivity index (χ1n) is 6.80. The van der Waals surface area contributed by atoms with Gasteiger partial charge in [-0.15, -0.1) is 21.5 Å². The summed E-state index contributed by atoms with van der Waals surface area (Å²) >= 11 is 1.58. The van der Waals surface area contributed by atoms with Gasteiger partial charge in [0, 0.05) is 19.0 Å². The summed E-state index contributed by atoms with van der Waals surface area (Å²) in [7, 11) is -3.09. The van der Waals surface area contributed by atoms with Gasteiger partial charge in [-0.2, -0.15) is 0 Å². The van der Waals surface area contributed by atoms with Crippen molar-refractivity contribution < 1.29 is 8.42 Å². The molecule has 1 fully saturated rings. The zero-order valence-corrected chi connectivity index (χ0v) is 13.1. The predicted molar refractivity (Wildman–Crippen MR) is 76.9 cm³/mol. The lowest BCUT2D eigenvalue weighted by atomic mass is 10.0. The molecule has 1 aliphatic rings. The molecule has 2 heterocycles. The fourth-order valence-corrected chi connectivity index (χ4v) is 4.88. The maximum Gasteiger partial charge on any atom is 0.214 e. The first-order chi connectivity index (χ1) is 9.03. The van der Waals surface area contributed by atoms with Crippen LogP contribution in [0.1, 0.15) is 48.5 Å². The molecule has 0 radical (unpaired) electrons. The van der Waals surface area contributed by atoms with Crippen LogP contribution in [0.2, 0.25) is 0 Å². The molecule has 0 unspecified atom stereocenters. The number of aromatic nitrogens is 2. The fourth-order valence-electron chi connectivity index (χ4n) is 2.33. The van der Waals surface area contributed by atoms with Crippen LogP contribution in [0.5, 0.6) is 0 Å². The molecule has 7 heteroatoms. The third-order valence-electron chi connectivity index (χ3n) is 3.42. The van der Waals surface area contributed by atoms with Gasteiger partial charge in [0.15, 0.2) is 0 Å². The fraction of sp³-hybridized carbons (Fsp3) is 0.833. The van der Waals surface area contributed by atoms with Crippen LogP contribution < -0.4 is 0 Å². The summed E-state index contributed by atoms with van der Waals surface area (Å²) in [6.45, 7) is 5.17. The number of hydrogen-bond donors (Lipinski definition) is 0. The molecule has 0 aromatic carbocycles. The van der Waals surface area contributed by atoms with E-state index in [0.717, 1.165) is 35.7 Å². The molecule has 1 aliphatic heterocycles. The first kappa shape index (κ1) is 14.9. The lowest BCUT2D eigenvalue weighted by molar-refractivity contribution is 0.314. The Morgan fingerprint density at radius 2 is 2.21 bits per heavy atom. The zero-order chi connectivity index (χ0) is 13.9. The van der Waals surface area contributed by atoms with Crippen LogP contribution >= 0.6 is 11.3 Å². The van der Waals surface area contributed by atoms with Crippen LogP contribution in [0.4, 0.5) is 0 Å². The Labute approximate surface area is 119 Å². The van der Waals surface area contributed by atoms with Gasteiger partial charge in [0.2, 0.25) is 10.0 Å². The van der Waals surface area contributed by atoms with E-state index in [9.17, 15) is 8.42 Å². The van der Waals surface area contributed by atoms with Gasteiger partial charge in [0.25, 0.3) is 0 Å². The number of piperidine rings is 1. The van der Waals surface area contributed by atoms with E-state index in [0.29, 0.717) is 13.1 Å². The summed E-state index contributed by atoms with van der Waals surface area (Å²) in [4.78, 5) is 0. The lowest BCUT2D eigenvalue weighted by Crippen LogP contribution is -2.40. The maximum absolute atomic E-state index is 12.2. The van der Waals surface area contributed by atoms with Crippen LogP contribution in [0, 0.1) is 6.92 Å². The Morgan fingerprint density at radius 1 is 1.42 bits per heavy atom. The SMILES string of the molecule is CCCCS(=O)(=O)N1CCC[C@@H](c2nnc(C)s2)C1. The molecule has 1 aromatic rings. The molecule has 0 saturated carbocycles. The molecule has 0 aliphatic carbocycles. The molecular weight excluding hydrogens is 282 g/mol. The Balaban J connectivity index is 2.05. The van der Waals surface area contributed by atoms with Crippen molar-refractivity contribution in [3.05, 3.63) is 10.0 Å². The predicted octanol–water partition coefficient (Wildman–Crippen LogP) is 2.16. The van der Waals surface area contributed by atoms with Gasteiger partial charge < -0.3 is 0 Å². The van der Waals surface area contributed by atoms with Gasteiger partial charge in [0.1, 0.15) is 10.0 Å². The molecule has 2 rings (SSSR count). The summed E-state index contributed by atoms with van der Waals surface area (Å²) in [5.41, 5.74) is 0. The van der Waals surface area contributed by atoms with Gasteiger partial charge in [-0.25, -0.2) is 12.7 Å². The van der Waals surface area contributed by atoms with Crippen LogP contribution in [-0.4, -0.2) is 41.8 Å². The number of aryl methyl sites for hydroxylation is 1. The lowest BCUT2D eigenvalue weighted by Gasteiger charge is -2.30. The van der Waals surface area contributed by atoms with Crippen molar-refractivity contribution in [2.24, 2.45) is 0 Å². The highest BCUT2D eigenvalue weighted by Crippen LogP contribution is 2.30. The average Bonchev–Trinajstić information content (AvgIpc) is 2.83. The van der Waals surface area contributed by atoms with Gasteiger partial charge in [0.05, 0.1) is 5.75 Å². The van der Waals surface area contributed by atoms with Gasteiger partial charge >= 0.3 is 0 Å². The van der Waals surface area contributed by atoms with E-state index < -0.39 is 10.0 Å². The van der Waals surface area contributed by atoms with Gasteiger partial charge in [-0.05, 0) is 26.2 Å². The Bertz CT molecular complexity index is 513. The second kappa shape index (κ2) is 6.28. The molecule has 0 N–H and O–H groups in total. The van der Waals surface area contributed by atoms with Crippen molar-refractivity contribution >= 4 is 21.4 Å². The third kappa shape index (κ3) is 3.73. The molecule has 0 spiro atoms. The maximum atomic E-state index is 12.2. The quantitative estimate of drug-likeness (QED) is 0.836. The minimum atomic E-state index is -3.09. The Kier molecular flexibility index (Phi) is 4.92. The second-order valence-electron chi connectivity index (χ2n) is 5.03. The topological polar surface area (TPSA) is 63.2 Å². The second-order valence-corrected chi connectivity index (χ2v) is 8.33. The third-order valence-corrected chi connectivity index (χ3v) is 6.35. The molecule has 1 atom stereocenters. The average molecular weight is 303 g/mol. The first-order valence-corrected chi connectivity index (χ1v) is 9.23. The Hall–Kier alpha value is -0.530. The Morgan fingerprint density at radius 3 is 2.84 bits per heavy atom. The molecule has 0 amide bonds. The van der Waals surface area contributed by atoms with E-state index in [2.05, 4.69) is 10.2 Å². The number of nitrogens with zero attached hydrogens (tertiary/aromatic N) is 3. The smallest absolute Gasteiger partial charge is 0.212 e. The summed E-state index contributed by atoms with van der Waals surface area (Å²) < 4.78 is 26.1. The van der Waals surface area contributed by atoms with Crippen molar-refractivity contribution in [3.63, 3.8) is 0 Å². The number of hydrogen-bond acceptors (Lipinski definition) is 5. The minimum absolute atomic E-state index is 0.219. The van der Waals surface area contributed by atoms with Crippen molar-refractivity contribution in [1.82, 2.24) is 14.5 Å². The highest BCUT2D eigenvalue weighted by atomic mass is 32.2. The molecule has 0 bridgehead atoms. The summed E-state index contributed by atoms with van der Waals surface area (Å²) in [5, 5.41) is 10.1. The summed E-state index contributed by atoms with van der Waals surface area (Å²) in [6, 6.07) is 0. The van der Waals surface area contributed by atoms with E-state index in [4.69, 9.17) is 0 Å². The minimum Gasteiger partial charge on any atom is -0.212 e. The van der Waals surface area contributed by atoms with Gasteiger partial charge in [-0.3, -0.25) is 0 Å². The van der Waals surface area contributed by atoms with Crippen LogP contribution in [0.15, 0.2) is 0 Å². The van der Waals surface area contributed by atoms with Gasteiger partial charge in [-0.1, -0.05) is 13.3 Å². The molecule has 5 nitrogen and oxygen atoms in total. The highest BCUT2D eigenvalue weighted by Gasteiger charge is 2.30. The molecule has 1 aromatic heterocycles. The van der Waals surface area contributed by atoms with E-state index in [1.54, 1.807) is 15.6 Å². The molecular formula is C12H21N3O2S2. The molecule has 1 saturated heterocycles. The molecule has 19 heavy (non-hydrogen) atoms. The standard InChI is InChI=1S/C12H21N3O2S2/c1-3-4-8-19(16,17)15-7-5-6-11(9-15)12-14-13-10(2)18-12/h11H,3-9H2,1-2H3/t11-/m1/s1. The summed E-state index contributed by atoms with van der Waals surface area (Å²) in [6.07, 6.45) is 3.57. The van der Waals surface area contributed by atoms with Crippen molar-refractivity contribution in [3.8, 4) is 0 Å². The zero-order valence-electron chi connectivity index (χ0n) is 11.5. The van der Waals surface area contributed by atoms with Crippen LogP contribution in [0.25, 0.3) is 0 Å². The van der Waals surface area contributed by atoms with Crippen molar-refractivity contribution in [1.29, 1.82) is 0 Å². The summed E-state index contributed by atoms with van der Waals surface area (Å²) in [5.74, 6) is 0.488. The molecule has 108 valence electrons. The van der Waals surface area contributed by atoms with Crippen LogP contribution in [0.3, 0.4) is 0 Å². The number of rotatable bonds is 5. The highest BCUT2D eigenvalue weighted by molar-refractivity contribution is 7.89.